The van der Waals surface area contributed by atoms with Crippen LogP contribution < -0.4 is 5.32 Å². The van der Waals surface area contributed by atoms with Crippen molar-refractivity contribution in [3.8, 4) is 0 Å². The molecule has 1 aliphatic heterocycles. The molecular weight excluding hydrogens is 312 g/mol. The molecule has 19 heavy (non-hydrogen) atoms. The van der Waals surface area contributed by atoms with Gasteiger partial charge in [0, 0.05) is 11.6 Å². The van der Waals surface area contributed by atoms with E-state index in [9.17, 15) is 10.1 Å². The van der Waals surface area contributed by atoms with E-state index in [1.54, 1.807) is 6.92 Å². The number of piperidine rings is 1. The van der Waals surface area contributed by atoms with E-state index in [2.05, 4.69) is 38.2 Å². The van der Waals surface area contributed by atoms with Crippen molar-refractivity contribution in [1.29, 1.82) is 0 Å². The van der Waals surface area contributed by atoms with Gasteiger partial charge in [0.05, 0.1) is 9.40 Å². The monoisotopic (exact) mass is 328 g/mol. The lowest BCUT2D eigenvalue weighted by Gasteiger charge is -2.30. The summed E-state index contributed by atoms with van der Waals surface area (Å²) in [7, 11) is 2.11. The summed E-state index contributed by atoms with van der Waals surface area (Å²) in [5.74, 6) is 0.692. The largest absolute Gasteiger partial charge is 0.366 e. The third kappa shape index (κ3) is 3.22. The minimum absolute atomic E-state index is 0.0424. The van der Waals surface area contributed by atoms with Gasteiger partial charge in [-0.15, -0.1) is 0 Å². The van der Waals surface area contributed by atoms with E-state index in [1.807, 2.05) is 0 Å². The summed E-state index contributed by atoms with van der Waals surface area (Å²) in [5, 5.41) is 14.2. The number of nitrogens with one attached hydrogen (secondary N) is 1. The zero-order valence-electron chi connectivity index (χ0n) is 11.0. The molecule has 1 aromatic rings. The number of aromatic nitrogens is 1. The number of hydrogen-bond acceptors (Lipinski definition) is 5. The van der Waals surface area contributed by atoms with Gasteiger partial charge in [-0.2, -0.15) is 0 Å². The summed E-state index contributed by atoms with van der Waals surface area (Å²) in [6, 6.07) is 0.376. The Balaban J connectivity index is 2.13. The van der Waals surface area contributed by atoms with Gasteiger partial charge in [0.1, 0.15) is 12.0 Å². The molecule has 1 aromatic heterocycles. The van der Waals surface area contributed by atoms with E-state index in [0.717, 1.165) is 25.9 Å². The third-order valence-corrected chi connectivity index (χ3v) is 4.46. The minimum atomic E-state index is -0.410. The highest BCUT2D eigenvalue weighted by atomic mass is 79.9. The number of hydrogen-bond donors (Lipinski definition) is 1. The molecule has 0 saturated carbocycles. The van der Waals surface area contributed by atoms with E-state index < -0.39 is 4.92 Å². The summed E-state index contributed by atoms with van der Waals surface area (Å²) >= 11 is 3.40. The smallest absolute Gasteiger partial charge is 0.291 e. The molecule has 0 amide bonds. The van der Waals surface area contributed by atoms with E-state index in [1.165, 1.54) is 6.20 Å². The van der Waals surface area contributed by atoms with Crippen LogP contribution >= 0.6 is 15.9 Å². The Morgan fingerprint density at radius 2 is 2.16 bits per heavy atom. The molecule has 104 valence electrons. The van der Waals surface area contributed by atoms with Crippen molar-refractivity contribution < 1.29 is 4.92 Å². The second-order valence-electron chi connectivity index (χ2n) is 4.91. The molecular formula is C12H17BrN4O2. The zero-order chi connectivity index (χ0) is 14.0. The summed E-state index contributed by atoms with van der Waals surface area (Å²) in [6.07, 6.45) is 3.43. The first-order valence-electron chi connectivity index (χ1n) is 6.23. The maximum Gasteiger partial charge on any atom is 0.291 e. The highest BCUT2D eigenvalue weighted by Crippen LogP contribution is 2.31. The van der Waals surface area contributed by atoms with Crippen molar-refractivity contribution >= 4 is 27.4 Å². The Morgan fingerprint density at radius 3 is 2.74 bits per heavy atom. The molecule has 7 heteroatoms. The van der Waals surface area contributed by atoms with E-state index >= 15 is 0 Å². The Hall–Kier alpha value is -1.21. The fourth-order valence-corrected chi connectivity index (χ4v) is 2.62. The van der Waals surface area contributed by atoms with Gasteiger partial charge in [-0.1, -0.05) is 0 Å². The van der Waals surface area contributed by atoms with Gasteiger partial charge in [0.15, 0.2) is 0 Å². The maximum absolute atomic E-state index is 10.8. The first-order valence-corrected chi connectivity index (χ1v) is 7.03. The normalized spacial score (nSPS) is 17.4. The van der Waals surface area contributed by atoms with Gasteiger partial charge in [0.2, 0.25) is 0 Å². The third-order valence-electron chi connectivity index (χ3n) is 3.49. The molecule has 0 atom stereocenters. The Labute approximate surface area is 120 Å². The van der Waals surface area contributed by atoms with Crippen LogP contribution in [0.1, 0.15) is 18.4 Å². The molecule has 0 bridgehead atoms. The molecule has 1 N–H and O–H groups in total. The van der Waals surface area contributed by atoms with Gasteiger partial charge in [-0.05, 0) is 55.8 Å². The standard InChI is InChI=1S/C12H17BrN4O2/c1-8-10(17(18)19)7-14-12(11(8)13)15-9-3-5-16(2)6-4-9/h7,9H,3-6H2,1-2H3,(H,14,15). The Kier molecular flexibility index (Phi) is 4.36. The highest BCUT2D eigenvalue weighted by molar-refractivity contribution is 9.10. The van der Waals surface area contributed by atoms with Crippen molar-refractivity contribution in [2.24, 2.45) is 0 Å². The van der Waals surface area contributed by atoms with Crippen LogP contribution in [0.3, 0.4) is 0 Å². The quantitative estimate of drug-likeness (QED) is 0.682. The molecule has 2 rings (SSSR count). The lowest BCUT2D eigenvalue weighted by Crippen LogP contribution is -2.37. The van der Waals surface area contributed by atoms with Gasteiger partial charge in [-0.25, -0.2) is 4.98 Å². The van der Waals surface area contributed by atoms with Crippen LogP contribution in [-0.4, -0.2) is 41.0 Å². The van der Waals surface area contributed by atoms with Crippen molar-refractivity contribution in [2.45, 2.75) is 25.8 Å². The predicted molar refractivity (Wildman–Crippen MR) is 77.5 cm³/mol. The summed E-state index contributed by atoms with van der Waals surface area (Å²) in [6.45, 7) is 3.84. The average molecular weight is 329 g/mol. The van der Waals surface area contributed by atoms with Crippen molar-refractivity contribution in [2.75, 3.05) is 25.5 Å². The SMILES string of the molecule is Cc1c([N+](=O)[O-])cnc(NC2CCN(C)CC2)c1Br. The van der Waals surface area contributed by atoms with Gasteiger partial charge in [-0.3, -0.25) is 10.1 Å². The zero-order valence-corrected chi connectivity index (χ0v) is 12.6. The molecule has 0 spiro atoms. The molecule has 1 saturated heterocycles. The van der Waals surface area contributed by atoms with Crippen molar-refractivity contribution in [3.63, 3.8) is 0 Å². The number of anilines is 1. The summed E-state index contributed by atoms with van der Waals surface area (Å²) in [4.78, 5) is 16.9. The van der Waals surface area contributed by atoms with E-state index in [4.69, 9.17) is 0 Å². The minimum Gasteiger partial charge on any atom is -0.366 e. The molecule has 1 aliphatic rings. The van der Waals surface area contributed by atoms with Crippen LogP contribution in [0, 0.1) is 17.0 Å². The van der Waals surface area contributed by atoms with Crippen molar-refractivity contribution in [1.82, 2.24) is 9.88 Å². The predicted octanol–water partition coefficient (Wildman–Crippen LogP) is 2.57. The van der Waals surface area contributed by atoms with E-state index in [0.29, 0.717) is 21.9 Å². The summed E-state index contributed by atoms with van der Waals surface area (Å²) in [5.41, 5.74) is 0.649. The van der Waals surface area contributed by atoms with Gasteiger partial charge >= 0.3 is 0 Å². The second kappa shape index (κ2) is 5.83. The molecule has 0 unspecified atom stereocenters. The number of likely N-dealkylation sites (tertiary alicyclic amines) is 1. The lowest BCUT2D eigenvalue weighted by atomic mass is 10.1. The molecule has 1 fully saturated rings. The Morgan fingerprint density at radius 1 is 1.53 bits per heavy atom. The molecule has 0 aliphatic carbocycles. The fraction of sp³-hybridized carbons (Fsp3) is 0.583. The molecule has 6 nitrogen and oxygen atoms in total. The first kappa shape index (κ1) is 14.2. The molecule has 0 radical (unpaired) electrons. The summed E-state index contributed by atoms with van der Waals surface area (Å²) < 4.78 is 0.681. The number of pyridine rings is 1. The number of nitrogens with zero attached hydrogens (tertiary/aromatic N) is 3. The second-order valence-corrected chi connectivity index (χ2v) is 5.70. The topological polar surface area (TPSA) is 71.3 Å². The first-order chi connectivity index (χ1) is 8.99. The van der Waals surface area contributed by atoms with Gasteiger partial charge in [0.25, 0.3) is 5.69 Å². The van der Waals surface area contributed by atoms with Crippen molar-refractivity contribution in [3.05, 3.63) is 26.3 Å². The van der Waals surface area contributed by atoms with E-state index in [-0.39, 0.29) is 5.69 Å². The van der Waals surface area contributed by atoms with Crippen LogP contribution in [0.15, 0.2) is 10.7 Å². The van der Waals surface area contributed by atoms with Gasteiger partial charge < -0.3 is 10.2 Å². The molecule has 2 heterocycles. The lowest BCUT2D eigenvalue weighted by molar-refractivity contribution is -0.385. The van der Waals surface area contributed by atoms with Crippen LogP contribution in [0.25, 0.3) is 0 Å². The number of nitro groups is 1. The fourth-order valence-electron chi connectivity index (χ4n) is 2.20. The molecule has 0 aromatic carbocycles. The average Bonchev–Trinajstić information content (AvgIpc) is 2.37. The van der Waals surface area contributed by atoms with Crippen LogP contribution in [-0.2, 0) is 0 Å². The number of rotatable bonds is 3. The van der Waals surface area contributed by atoms with Crippen LogP contribution in [0.4, 0.5) is 11.5 Å². The Bertz CT molecular complexity index is 487. The highest BCUT2D eigenvalue weighted by Gasteiger charge is 2.21. The van der Waals surface area contributed by atoms with Crippen LogP contribution in [0.5, 0.6) is 0 Å². The number of halogens is 1. The van der Waals surface area contributed by atoms with Crippen LogP contribution in [0.2, 0.25) is 0 Å². The maximum atomic E-state index is 10.8.